The number of guanidine groups is 1. The Hall–Kier alpha value is -2.24. The summed E-state index contributed by atoms with van der Waals surface area (Å²) in [6.45, 7) is 10.5. The van der Waals surface area contributed by atoms with Gasteiger partial charge in [0.05, 0.1) is 6.10 Å². The standard InChI is InChI=1S/C22H36N4O2/c1-15(2)12-17(4)28-20-13-16(3)6-7-19(20)14-26-22(23-5)25-11-10-24-21(27)18-8-9-18/h6-7,13,15,17-18H,8-12,14H2,1-5H3,(H,24,27)(H2,23,25,26). The van der Waals surface area contributed by atoms with Crippen LogP contribution in [-0.4, -0.2) is 38.1 Å². The Balaban J connectivity index is 1.82. The van der Waals surface area contributed by atoms with Crippen molar-refractivity contribution < 1.29 is 9.53 Å². The number of nitrogens with one attached hydrogen (secondary N) is 3. The number of aryl methyl sites for hydroxylation is 1. The Kier molecular flexibility index (Phi) is 8.61. The summed E-state index contributed by atoms with van der Waals surface area (Å²) in [5.74, 6) is 2.65. The number of nitrogens with zero attached hydrogens (tertiary/aromatic N) is 1. The minimum atomic E-state index is 0.168. The molecule has 6 heteroatoms. The van der Waals surface area contributed by atoms with E-state index in [1.165, 1.54) is 5.56 Å². The first kappa shape index (κ1) is 22.1. The number of carbonyl (C=O) groups is 1. The average molecular weight is 389 g/mol. The second-order valence-electron chi connectivity index (χ2n) is 8.09. The lowest BCUT2D eigenvalue weighted by Crippen LogP contribution is -2.41. The molecule has 6 nitrogen and oxygen atoms in total. The fourth-order valence-electron chi connectivity index (χ4n) is 3.10. The molecule has 1 aromatic rings. The van der Waals surface area contributed by atoms with E-state index in [0.29, 0.717) is 31.5 Å². The van der Waals surface area contributed by atoms with Crippen LogP contribution in [0.25, 0.3) is 0 Å². The van der Waals surface area contributed by atoms with Crippen LogP contribution in [0.15, 0.2) is 23.2 Å². The molecule has 0 heterocycles. The first-order valence-corrected chi connectivity index (χ1v) is 10.4. The van der Waals surface area contributed by atoms with E-state index >= 15 is 0 Å². The molecule has 1 aromatic carbocycles. The summed E-state index contributed by atoms with van der Waals surface area (Å²) in [5, 5.41) is 9.51. The van der Waals surface area contributed by atoms with Crippen molar-refractivity contribution in [1.29, 1.82) is 0 Å². The molecule has 0 aromatic heterocycles. The molecule has 0 aliphatic heterocycles. The Morgan fingerprint density at radius 1 is 1.18 bits per heavy atom. The summed E-state index contributed by atoms with van der Waals surface area (Å²) in [6, 6.07) is 6.29. The number of amides is 1. The molecule has 1 aliphatic rings. The lowest BCUT2D eigenvalue weighted by molar-refractivity contribution is -0.122. The summed E-state index contributed by atoms with van der Waals surface area (Å²) in [7, 11) is 1.75. The molecular formula is C22H36N4O2. The lowest BCUT2D eigenvalue weighted by atomic mass is 10.1. The van der Waals surface area contributed by atoms with Crippen LogP contribution in [0.2, 0.25) is 0 Å². The maximum atomic E-state index is 11.7. The summed E-state index contributed by atoms with van der Waals surface area (Å²) < 4.78 is 6.21. The van der Waals surface area contributed by atoms with Crippen LogP contribution in [0.1, 0.15) is 51.2 Å². The Morgan fingerprint density at radius 2 is 1.89 bits per heavy atom. The van der Waals surface area contributed by atoms with Gasteiger partial charge in [0, 0.05) is 38.2 Å². The van der Waals surface area contributed by atoms with Crippen molar-refractivity contribution in [2.75, 3.05) is 20.1 Å². The Labute approximate surface area is 169 Å². The predicted molar refractivity (Wildman–Crippen MR) is 115 cm³/mol. The highest BCUT2D eigenvalue weighted by Gasteiger charge is 2.28. The highest BCUT2D eigenvalue weighted by Crippen LogP contribution is 2.28. The molecule has 156 valence electrons. The quantitative estimate of drug-likeness (QED) is 0.327. The third kappa shape index (κ3) is 7.79. The highest BCUT2D eigenvalue weighted by molar-refractivity contribution is 5.81. The molecule has 0 bridgehead atoms. The van der Waals surface area contributed by atoms with E-state index in [-0.39, 0.29) is 17.9 Å². The highest BCUT2D eigenvalue weighted by atomic mass is 16.5. The first-order valence-electron chi connectivity index (χ1n) is 10.4. The van der Waals surface area contributed by atoms with Gasteiger partial charge in [-0.2, -0.15) is 0 Å². The van der Waals surface area contributed by atoms with Gasteiger partial charge in [-0.1, -0.05) is 26.0 Å². The van der Waals surface area contributed by atoms with Crippen molar-refractivity contribution in [3.8, 4) is 5.75 Å². The summed E-state index contributed by atoms with van der Waals surface area (Å²) >= 11 is 0. The molecule has 3 N–H and O–H groups in total. The molecule has 1 unspecified atom stereocenters. The zero-order chi connectivity index (χ0) is 20.5. The van der Waals surface area contributed by atoms with E-state index in [1.807, 2.05) is 0 Å². The topological polar surface area (TPSA) is 74.8 Å². The molecule has 1 amide bonds. The van der Waals surface area contributed by atoms with Crippen LogP contribution in [0, 0.1) is 18.8 Å². The van der Waals surface area contributed by atoms with Crippen molar-refractivity contribution in [1.82, 2.24) is 16.0 Å². The molecule has 0 radical (unpaired) electrons. The molecule has 0 saturated heterocycles. The zero-order valence-corrected chi connectivity index (χ0v) is 18.0. The zero-order valence-electron chi connectivity index (χ0n) is 18.0. The summed E-state index contributed by atoms with van der Waals surface area (Å²) in [4.78, 5) is 15.9. The van der Waals surface area contributed by atoms with Crippen molar-refractivity contribution in [3.63, 3.8) is 0 Å². The van der Waals surface area contributed by atoms with Crippen molar-refractivity contribution in [3.05, 3.63) is 29.3 Å². The number of rotatable bonds is 10. The third-order valence-electron chi connectivity index (χ3n) is 4.69. The van der Waals surface area contributed by atoms with Gasteiger partial charge in [0.25, 0.3) is 0 Å². The predicted octanol–water partition coefficient (Wildman–Crippen LogP) is 3.00. The molecule has 1 saturated carbocycles. The van der Waals surface area contributed by atoms with Crippen molar-refractivity contribution in [2.24, 2.45) is 16.8 Å². The van der Waals surface area contributed by atoms with E-state index in [1.54, 1.807) is 7.05 Å². The van der Waals surface area contributed by atoms with Crippen LogP contribution >= 0.6 is 0 Å². The van der Waals surface area contributed by atoms with Crippen molar-refractivity contribution in [2.45, 2.75) is 59.6 Å². The maximum Gasteiger partial charge on any atom is 0.223 e. The second kappa shape index (κ2) is 10.9. The average Bonchev–Trinajstić information content (AvgIpc) is 3.46. The minimum Gasteiger partial charge on any atom is -0.490 e. The smallest absolute Gasteiger partial charge is 0.223 e. The third-order valence-corrected chi connectivity index (χ3v) is 4.69. The van der Waals surface area contributed by atoms with Gasteiger partial charge in [-0.15, -0.1) is 0 Å². The van der Waals surface area contributed by atoms with Gasteiger partial charge >= 0.3 is 0 Å². The van der Waals surface area contributed by atoms with E-state index < -0.39 is 0 Å². The van der Waals surface area contributed by atoms with Gasteiger partial charge in [-0.3, -0.25) is 9.79 Å². The fraction of sp³-hybridized carbons (Fsp3) is 0.636. The van der Waals surface area contributed by atoms with Gasteiger partial charge < -0.3 is 20.7 Å². The maximum absolute atomic E-state index is 11.7. The van der Waals surface area contributed by atoms with Crippen LogP contribution in [0.5, 0.6) is 5.75 Å². The second-order valence-corrected chi connectivity index (χ2v) is 8.09. The minimum absolute atomic E-state index is 0.168. The number of carbonyl (C=O) groups excluding carboxylic acids is 1. The Bertz CT molecular complexity index is 669. The van der Waals surface area contributed by atoms with Gasteiger partial charge in [0.1, 0.15) is 5.75 Å². The molecule has 1 fully saturated rings. The number of ether oxygens (including phenoxy) is 1. The molecule has 1 aliphatic carbocycles. The van der Waals surface area contributed by atoms with E-state index in [4.69, 9.17) is 4.74 Å². The van der Waals surface area contributed by atoms with E-state index in [0.717, 1.165) is 30.6 Å². The lowest BCUT2D eigenvalue weighted by Gasteiger charge is -2.20. The van der Waals surface area contributed by atoms with Gasteiger partial charge in [-0.05, 0) is 50.7 Å². The molecule has 0 spiro atoms. The number of hydrogen-bond donors (Lipinski definition) is 3. The number of benzene rings is 1. The summed E-state index contributed by atoms with van der Waals surface area (Å²) in [6.07, 6.45) is 3.25. The molecular weight excluding hydrogens is 352 g/mol. The first-order chi connectivity index (χ1) is 13.4. The number of aliphatic imine (C=N–C) groups is 1. The van der Waals surface area contributed by atoms with Crippen LogP contribution < -0.4 is 20.7 Å². The normalized spacial score (nSPS) is 15.3. The van der Waals surface area contributed by atoms with Crippen LogP contribution in [-0.2, 0) is 11.3 Å². The van der Waals surface area contributed by atoms with Gasteiger partial charge in [0.15, 0.2) is 5.96 Å². The number of hydrogen-bond acceptors (Lipinski definition) is 3. The molecule has 1 atom stereocenters. The largest absolute Gasteiger partial charge is 0.490 e. The Morgan fingerprint density at radius 3 is 2.54 bits per heavy atom. The van der Waals surface area contributed by atoms with E-state index in [9.17, 15) is 4.79 Å². The SMILES string of the molecule is CN=C(NCCNC(=O)C1CC1)NCc1ccc(C)cc1OC(C)CC(C)C. The molecule has 2 rings (SSSR count). The fourth-order valence-corrected chi connectivity index (χ4v) is 3.10. The van der Waals surface area contributed by atoms with Gasteiger partial charge in [0.2, 0.25) is 5.91 Å². The summed E-state index contributed by atoms with van der Waals surface area (Å²) in [5.41, 5.74) is 2.29. The molecule has 28 heavy (non-hydrogen) atoms. The monoisotopic (exact) mass is 388 g/mol. The van der Waals surface area contributed by atoms with E-state index in [2.05, 4.69) is 66.8 Å². The van der Waals surface area contributed by atoms with Gasteiger partial charge in [-0.25, -0.2) is 0 Å². The van der Waals surface area contributed by atoms with Crippen LogP contribution in [0.3, 0.4) is 0 Å². The van der Waals surface area contributed by atoms with Crippen molar-refractivity contribution >= 4 is 11.9 Å². The van der Waals surface area contributed by atoms with Crippen LogP contribution in [0.4, 0.5) is 0 Å².